The average Bonchev–Trinajstić information content (AvgIpc) is 2.12. The molecule has 1 aromatic carbocycles. The molecule has 1 N–H and O–H groups in total. The molecule has 0 atom stereocenters. The van der Waals surface area contributed by atoms with Crippen LogP contribution < -0.4 is 0 Å². The molecule has 1 fully saturated rings. The van der Waals surface area contributed by atoms with Crippen LogP contribution in [0.15, 0.2) is 24.3 Å². The van der Waals surface area contributed by atoms with Gasteiger partial charge in [0.15, 0.2) is 0 Å². The second kappa shape index (κ2) is 3.93. The van der Waals surface area contributed by atoms with E-state index in [1.165, 1.54) is 31.2 Å². The first-order valence-corrected chi connectivity index (χ1v) is 5.07. The van der Waals surface area contributed by atoms with Crippen molar-refractivity contribution in [2.75, 3.05) is 0 Å². The van der Waals surface area contributed by atoms with E-state index >= 15 is 0 Å². The lowest BCUT2D eigenvalue weighted by molar-refractivity contribution is 0.281. The molecule has 0 amide bonds. The molecule has 1 aliphatic rings. The monoisotopic (exact) mass is 176 g/mol. The number of aliphatic hydroxyl groups excluding tert-OH is 1. The molecule has 2 rings (SSSR count). The average molecular weight is 176 g/mol. The van der Waals surface area contributed by atoms with Crippen molar-refractivity contribution >= 4 is 0 Å². The Morgan fingerprint density at radius 1 is 1.08 bits per heavy atom. The minimum absolute atomic E-state index is 0.156. The lowest BCUT2D eigenvalue weighted by Crippen LogP contribution is -2.13. The van der Waals surface area contributed by atoms with Gasteiger partial charge in [0.25, 0.3) is 0 Å². The van der Waals surface area contributed by atoms with Crippen LogP contribution >= 0.6 is 0 Å². The summed E-state index contributed by atoms with van der Waals surface area (Å²) in [6, 6.07) is 8.33. The summed E-state index contributed by atoms with van der Waals surface area (Å²) in [4.78, 5) is 0. The smallest absolute Gasteiger partial charge is 0.0681 e. The quantitative estimate of drug-likeness (QED) is 0.750. The van der Waals surface area contributed by atoms with Gasteiger partial charge in [-0.2, -0.15) is 0 Å². The van der Waals surface area contributed by atoms with Gasteiger partial charge >= 0.3 is 0 Å². The molecule has 1 saturated carbocycles. The fraction of sp³-hybridized carbons (Fsp3) is 0.500. The molecule has 0 heterocycles. The van der Waals surface area contributed by atoms with Gasteiger partial charge in [-0.3, -0.25) is 0 Å². The lowest BCUT2D eigenvalue weighted by atomic mass is 9.81. The number of rotatable bonds is 3. The van der Waals surface area contributed by atoms with Gasteiger partial charge in [-0.25, -0.2) is 0 Å². The van der Waals surface area contributed by atoms with Crippen molar-refractivity contribution in [3.63, 3.8) is 0 Å². The molecule has 0 bridgehead atoms. The summed E-state index contributed by atoms with van der Waals surface area (Å²) in [5.74, 6) is 0.931. The maximum atomic E-state index is 8.87. The third kappa shape index (κ3) is 2.10. The van der Waals surface area contributed by atoms with Gasteiger partial charge in [0.2, 0.25) is 0 Å². The highest BCUT2D eigenvalue weighted by atomic mass is 16.3. The van der Waals surface area contributed by atoms with Crippen molar-refractivity contribution in [1.29, 1.82) is 0 Å². The van der Waals surface area contributed by atoms with E-state index in [2.05, 4.69) is 12.1 Å². The fourth-order valence-electron chi connectivity index (χ4n) is 1.81. The minimum Gasteiger partial charge on any atom is -0.392 e. The molecule has 1 aliphatic carbocycles. The highest BCUT2D eigenvalue weighted by Gasteiger charge is 2.17. The van der Waals surface area contributed by atoms with Gasteiger partial charge in [0.05, 0.1) is 6.61 Å². The number of aliphatic hydroxyl groups is 1. The molecule has 1 aromatic rings. The molecule has 0 aliphatic heterocycles. The summed E-state index contributed by atoms with van der Waals surface area (Å²) in [6.07, 6.45) is 5.45. The minimum atomic E-state index is 0.156. The Labute approximate surface area is 79.4 Å². The van der Waals surface area contributed by atoms with Gasteiger partial charge in [-0.05, 0) is 23.5 Å². The van der Waals surface area contributed by atoms with Crippen molar-refractivity contribution in [1.82, 2.24) is 0 Å². The Bertz CT molecular complexity index is 259. The third-order valence-electron chi connectivity index (χ3n) is 2.95. The van der Waals surface area contributed by atoms with Crippen molar-refractivity contribution in [2.24, 2.45) is 5.92 Å². The summed E-state index contributed by atoms with van der Waals surface area (Å²) >= 11 is 0. The van der Waals surface area contributed by atoms with Crippen molar-refractivity contribution in [3.05, 3.63) is 35.4 Å². The molecular weight excluding hydrogens is 160 g/mol. The first kappa shape index (κ1) is 8.76. The van der Waals surface area contributed by atoms with Crippen LogP contribution in [-0.2, 0) is 13.0 Å². The zero-order valence-electron chi connectivity index (χ0n) is 7.87. The lowest BCUT2D eigenvalue weighted by Gasteiger charge is -2.25. The third-order valence-corrected chi connectivity index (χ3v) is 2.95. The van der Waals surface area contributed by atoms with E-state index in [0.717, 1.165) is 11.5 Å². The SMILES string of the molecule is OCc1ccc(CC2CCC2)cc1. The van der Waals surface area contributed by atoms with E-state index < -0.39 is 0 Å². The molecule has 0 unspecified atom stereocenters. The molecule has 0 aromatic heterocycles. The number of hydrogen-bond acceptors (Lipinski definition) is 1. The normalized spacial score (nSPS) is 17.0. The molecule has 13 heavy (non-hydrogen) atoms. The molecule has 1 nitrogen and oxygen atoms in total. The van der Waals surface area contributed by atoms with E-state index in [1.54, 1.807) is 0 Å². The zero-order chi connectivity index (χ0) is 9.10. The zero-order valence-corrected chi connectivity index (χ0v) is 7.87. The van der Waals surface area contributed by atoms with Crippen molar-refractivity contribution in [3.8, 4) is 0 Å². The van der Waals surface area contributed by atoms with E-state index in [0.29, 0.717) is 0 Å². The van der Waals surface area contributed by atoms with E-state index in [9.17, 15) is 0 Å². The summed E-state index contributed by atoms with van der Waals surface area (Å²) < 4.78 is 0. The van der Waals surface area contributed by atoms with Crippen LogP contribution in [0.1, 0.15) is 30.4 Å². The molecule has 0 spiro atoms. The molecule has 0 saturated heterocycles. The second-order valence-corrected chi connectivity index (χ2v) is 3.98. The molecular formula is C12H16O. The molecule has 1 heteroatoms. The Kier molecular flexibility index (Phi) is 2.65. The summed E-state index contributed by atoms with van der Waals surface area (Å²) in [6.45, 7) is 0.156. The Balaban J connectivity index is 1.96. The predicted molar refractivity (Wildman–Crippen MR) is 53.4 cm³/mol. The van der Waals surface area contributed by atoms with Crippen LogP contribution in [0, 0.1) is 5.92 Å². The standard InChI is InChI=1S/C12H16O/c13-9-12-6-4-11(5-7-12)8-10-2-1-3-10/h4-7,10,13H,1-3,8-9H2. The van der Waals surface area contributed by atoms with Crippen molar-refractivity contribution < 1.29 is 5.11 Å². The van der Waals surface area contributed by atoms with Crippen LogP contribution in [0.4, 0.5) is 0 Å². The van der Waals surface area contributed by atoms with Gasteiger partial charge in [0.1, 0.15) is 0 Å². The maximum absolute atomic E-state index is 8.87. The van der Waals surface area contributed by atoms with Crippen LogP contribution in [0.2, 0.25) is 0 Å². The largest absolute Gasteiger partial charge is 0.392 e. The topological polar surface area (TPSA) is 20.2 Å². The van der Waals surface area contributed by atoms with Crippen LogP contribution in [-0.4, -0.2) is 5.11 Å². The predicted octanol–water partition coefficient (Wildman–Crippen LogP) is 2.52. The summed E-state index contributed by atoms with van der Waals surface area (Å²) in [7, 11) is 0. The maximum Gasteiger partial charge on any atom is 0.0681 e. The van der Waals surface area contributed by atoms with Gasteiger partial charge in [-0.1, -0.05) is 43.5 Å². The van der Waals surface area contributed by atoms with E-state index in [1.807, 2.05) is 12.1 Å². The summed E-state index contributed by atoms with van der Waals surface area (Å²) in [5, 5.41) is 8.87. The van der Waals surface area contributed by atoms with Crippen LogP contribution in [0.25, 0.3) is 0 Å². The van der Waals surface area contributed by atoms with E-state index in [-0.39, 0.29) is 6.61 Å². The Morgan fingerprint density at radius 3 is 2.15 bits per heavy atom. The highest BCUT2D eigenvalue weighted by Crippen LogP contribution is 2.29. The van der Waals surface area contributed by atoms with Gasteiger partial charge in [-0.15, -0.1) is 0 Å². The van der Waals surface area contributed by atoms with Crippen molar-refractivity contribution in [2.45, 2.75) is 32.3 Å². The molecule has 70 valence electrons. The van der Waals surface area contributed by atoms with Gasteiger partial charge in [0, 0.05) is 0 Å². The van der Waals surface area contributed by atoms with Gasteiger partial charge < -0.3 is 5.11 Å². The van der Waals surface area contributed by atoms with E-state index in [4.69, 9.17) is 5.11 Å². The Hall–Kier alpha value is -0.820. The Morgan fingerprint density at radius 2 is 1.69 bits per heavy atom. The first-order chi connectivity index (χ1) is 6.38. The first-order valence-electron chi connectivity index (χ1n) is 5.07. The number of hydrogen-bond donors (Lipinski definition) is 1. The highest BCUT2D eigenvalue weighted by molar-refractivity contribution is 5.22. The second-order valence-electron chi connectivity index (χ2n) is 3.98. The number of benzene rings is 1. The molecule has 0 radical (unpaired) electrons. The summed E-state index contributed by atoms with van der Waals surface area (Å²) in [5.41, 5.74) is 2.43. The van der Waals surface area contributed by atoms with Crippen LogP contribution in [0.5, 0.6) is 0 Å². The van der Waals surface area contributed by atoms with Crippen LogP contribution in [0.3, 0.4) is 0 Å². The fourth-order valence-corrected chi connectivity index (χ4v) is 1.81.